The summed E-state index contributed by atoms with van der Waals surface area (Å²) in [5.41, 5.74) is 0. The van der Waals surface area contributed by atoms with Gasteiger partial charge < -0.3 is 19.0 Å². The zero-order valence-corrected chi connectivity index (χ0v) is 9.22. The maximum atomic E-state index is 10.8. The monoisotopic (exact) mass is 214 g/mol. The summed E-state index contributed by atoms with van der Waals surface area (Å²) in [6.07, 6.45) is 5.54. The Labute approximate surface area is 90.2 Å². The zero-order valence-electron chi connectivity index (χ0n) is 9.22. The Balaban J connectivity index is 2.51. The molecule has 0 amide bonds. The molecule has 0 aliphatic heterocycles. The van der Waals surface area contributed by atoms with Crippen molar-refractivity contribution in [3.05, 3.63) is 12.2 Å². The lowest BCUT2D eigenvalue weighted by Gasteiger charge is -2.28. The summed E-state index contributed by atoms with van der Waals surface area (Å²) in [7, 11) is 3.24. The Bertz CT molecular complexity index is 215. The smallest absolute Gasteiger partial charge is 0.146 e. The highest BCUT2D eigenvalue weighted by Gasteiger charge is 2.26. The third kappa shape index (κ3) is 3.74. The van der Waals surface area contributed by atoms with Crippen molar-refractivity contribution in [3.8, 4) is 0 Å². The molecule has 0 bridgehead atoms. The molecule has 86 valence electrons. The van der Waals surface area contributed by atoms with Crippen LogP contribution in [0.15, 0.2) is 12.2 Å². The number of rotatable bonds is 6. The van der Waals surface area contributed by atoms with Gasteiger partial charge in [-0.25, -0.2) is 0 Å². The van der Waals surface area contributed by atoms with E-state index in [0.717, 1.165) is 12.7 Å². The van der Waals surface area contributed by atoms with Crippen LogP contribution in [0.1, 0.15) is 6.42 Å². The van der Waals surface area contributed by atoms with E-state index in [4.69, 9.17) is 14.2 Å². The molecule has 0 unspecified atom stereocenters. The highest BCUT2D eigenvalue weighted by Crippen LogP contribution is 2.24. The highest BCUT2D eigenvalue weighted by atomic mass is 16.7. The van der Waals surface area contributed by atoms with Gasteiger partial charge in [0.15, 0.2) is 0 Å². The van der Waals surface area contributed by atoms with Crippen molar-refractivity contribution in [2.75, 3.05) is 27.6 Å². The summed E-state index contributed by atoms with van der Waals surface area (Å²) in [5.74, 6) is 0.168. The molecule has 0 aromatic rings. The molecule has 0 spiro atoms. The van der Waals surface area contributed by atoms with Crippen LogP contribution in [0.2, 0.25) is 0 Å². The predicted molar refractivity (Wildman–Crippen MR) is 55.4 cm³/mol. The van der Waals surface area contributed by atoms with Gasteiger partial charge in [0.05, 0.1) is 18.6 Å². The second-order valence-electron chi connectivity index (χ2n) is 3.66. The molecule has 0 radical (unpaired) electrons. The van der Waals surface area contributed by atoms with Gasteiger partial charge in [0, 0.05) is 20.1 Å². The van der Waals surface area contributed by atoms with Crippen LogP contribution in [-0.4, -0.2) is 40.0 Å². The van der Waals surface area contributed by atoms with Crippen molar-refractivity contribution < 1.29 is 19.0 Å². The van der Waals surface area contributed by atoms with Crippen molar-refractivity contribution in [2.24, 2.45) is 11.8 Å². The molecule has 0 heterocycles. The first-order valence-electron chi connectivity index (χ1n) is 5.05. The highest BCUT2D eigenvalue weighted by molar-refractivity contribution is 5.58. The molecule has 0 N–H and O–H groups in total. The minimum absolute atomic E-state index is 0.0902. The fourth-order valence-corrected chi connectivity index (χ4v) is 1.75. The summed E-state index contributed by atoms with van der Waals surface area (Å²) in [6, 6.07) is 0. The average Bonchev–Trinajstić information content (AvgIpc) is 2.27. The van der Waals surface area contributed by atoms with Crippen LogP contribution in [0, 0.1) is 11.8 Å². The van der Waals surface area contributed by atoms with E-state index in [1.165, 1.54) is 0 Å². The number of aldehydes is 1. The lowest BCUT2D eigenvalue weighted by Crippen LogP contribution is -2.31. The quantitative estimate of drug-likeness (QED) is 0.376. The van der Waals surface area contributed by atoms with Gasteiger partial charge in [0.1, 0.15) is 13.1 Å². The summed E-state index contributed by atoms with van der Waals surface area (Å²) in [4.78, 5) is 10.8. The Kier molecular flexibility index (Phi) is 5.53. The van der Waals surface area contributed by atoms with Crippen molar-refractivity contribution in [2.45, 2.75) is 12.5 Å². The molecule has 4 heteroatoms. The third-order valence-electron chi connectivity index (χ3n) is 2.51. The molecule has 0 fully saturated rings. The Morgan fingerprint density at radius 1 is 1.33 bits per heavy atom. The van der Waals surface area contributed by atoms with Crippen molar-refractivity contribution in [3.63, 3.8) is 0 Å². The van der Waals surface area contributed by atoms with Crippen LogP contribution in [-0.2, 0) is 19.0 Å². The van der Waals surface area contributed by atoms with Gasteiger partial charge in [-0.05, 0) is 6.42 Å². The van der Waals surface area contributed by atoms with Gasteiger partial charge in [-0.3, -0.25) is 0 Å². The van der Waals surface area contributed by atoms with Crippen LogP contribution in [0.25, 0.3) is 0 Å². The zero-order chi connectivity index (χ0) is 11.1. The van der Waals surface area contributed by atoms with Gasteiger partial charge in [-0.1, -0.05) is 12.2 Å². The van der Waals surface area contributed by atoms with Gasteiger partial charge in [-0.2, -0.15) is 0 Å². The fraction of sp³-hybridized carbons (Fsp3) is 0.727. The van der Waals surface area contributed by atoms with E-state index in [1.807, 2.05) is 12.2 Å². The molecule has 0 saturated carbocycles. The predicted octanol–water partition coefficient (Wildman–Crippen LogP) is 1.01. The van der Waals surface area contributed by atoms with E-state index in [9.17, 15) is 4.79 Å². The molecule has 1 aliphatic carbocycles. The Morgan fingerprint density at radius 2 is 2.13 bits per heavy atom. The first-order chi connectivity index (χ1) is 7.31. The number of hydrogen-bond donors (Lipinski definition) is 0. The van der Waals surface area contributed by atoms with Crippen LogP contribution in [0.4, 0.5) is 0 Å². The summed E-state index contributed by atoms with van der Waals surface area (Å²) < 4.78 is 15.4. The molecular formula is C11H18O4. The molecule has 3 atom stereocenters. The first-order valence-corrected chi connectivity index (χ1v) is 5.05. The van der Waals surface area contributed by atoms with Gasteiger partial charge in [-0.15, -0.1) is 0 Å². The first kappa shape index (κ1) is 12.4. The lowest BCUT2D eigenvalue weighted by molar-refractivity contribution is -0.123. The summed E-state index contributed by atoms with van der Waals surface area (Å²) >= 11 is 0. The third-order valence-corrected chi connectivity index (χ3v) is 2.51. The summed E-state index contributed by atoms with van der Waals surface area (Å²) in [5, 5.41) is 0. The lowest BCUT2D eigenvalue weighted by atomic mass is 9.87. The molecule has 0 saturated heterocycles. The number of ether oxygens (including phenoxy) is 3. The van der Waals surface area contributed by atoms with Crippen molar-refractivity contribution in [1.29, 1.82) is 0 Å². The van der Waals surface area contributed by atoms with Crippen LogP contribution >= 0.6 is 0 Å². The molecule has 1 rings (SSSR count). The van der Waals surface area contributed by atoms with E-state index in [-0.39, 0.29) is 18.8 Å². The Morgan fingerprint density at radius 3 is 2.73 bits per heavy atom. The van der Waals surface area contributed by atoms with Crippen molar-refractivity contribution in [1.82, 2.24) is 0 Å². The van der Waals surface area contributed by atoms with Crippen LogP contribution < -0.4 is 0 Å². The maximum absolute atomic E-state index is 10.8. The van der Waals surface area contributed by atoms with E-state index in [0.29, 0.717) is 12.5 Å². The standard InChI is InChI=1S/C11H18O4/c1-13-7-9-3-4-10(6-12)11(5-9)15-8-14-2/h3-4,6,9-11H,5,7-8H2,1-2H3/t9-,10+,11-/m1/s1. The Hall–Kier alpha value is -0.710. The summed E-state index contributed by atoms with van der Waals surface area (Å²) in [6.45, 7) is 0.886. The fourth-order valence-electron chi connectivity index (χ4n) is 1.75. The number of carbonyl (C=O) groups is 1. The largest absolute Gasteiger partial charge is 0.384 e. The van der Waals surface area contributed by atoms with Crippen LogP contribution in [0.5, 0.6) is 0 Å². The molecule has 15 heavy (non-hydrogen) atoms. The van der Waals surface area contributed by atoms with Gasteiger partial charge in [0.25, 0.3) is 0 Å². The molecule has 0 aromatic heterocycles. The van der Waals surface area contributed by atoms with Gasteiger partial charge >= 0.3 is 0 Å². The second-order valence-corrected chi connectivity index (χ2v) is 3.66. The number of carbonyl (C=O) groups excluding carboxylic acids is 1. The van der Waals surface area contributed by atoms with E-state index >= 15 is 0 Å². The number of methoxy groups -OCH3 is 2. The topological polar surface area (TPSA) is 44.8 Å². The van der Waals surface area contributed by atoms with E-state index in [2.05, 4.69) is 0 Å². The molecule has 0 aromatic carbocycles. The number of hydrogen-bond acceptors (Lipinski definition) is 4. The minimum Gasteiger partial charge on any atom is -0.384 e. The SMILES string of the molecule is COCO[C@@H]1C[C@H](COC)C=C[C@H]1C=O. The van der Waals surface area contributed by atoms with Crippen LogP contribution in [0.3, 0.4) is 0 Å². The normalized spacial score (nSPS) is 30.4. The van der Waals surface area contributed by atoms with Crippen molar-refractivity contribution >= 4 is 6.29 Å². The maximum Gasteiger partial charge on any atom is 0.146 e. The molecule has 1 aliphatic rings. The molecule has 4 nitrogen and oxygen atoms in total. The minimum atomic E-state index is -0.159. The molecular weight excluding hydrogens is 196 g/mol. The van der Waals surface area contributed by atoms with Gasteiger partial charge in [0.2, 0.25) is 0 Å². The average molecular weight is 214 g/mol. The van der Waals surface area contributed by atoms with E-state index < -0.39 is 0 Å². The second kappa shape index (κ2) is 6.71. The van der Waals surface area contributed by atoms with E-state index in [1.54, 1.807) is 14.2 Å².